The molecule has 1 aromatic heterocycles. The number of aryl methyl sites for hydroxylation is 1. The molecule has 2 aromatic rings. The predicted molar refractivity (Wildman–Crippen MR) is 76.5 cm³/mol. The van der Waals surface area contributed by atoms with E-state index in [4.69, 9.17) is 11.0 Å². The van der Waals surface area contributed by atoms with Crippen LogP contribution in [0.1, 0.15) is 5.56 Å². The Bertz CT molecular complexity index is 755. The summed E-state index contributed by atoms with van der Waals surface area (Å²) in [6.07, 6.45) is 2.79. The van der Waals surface area contributed by atoms with E-state index in [1.54, 1.807) is 30.5 Å². The van der Waals surface area contributed by atoms with Crippen LogP contribution in [0.5, 0.6) is 0 Å². The Morgan fingerprint density at radius 2 is 2.00 bits per heavy atom. The summed E-state index contributed by atoms with van der Waals surface area (Å²) in [4.78, 5) is 0. The Balaban J connectivity index is 2.24. The predicted octanol–water partition coefficient (Wildman–Crippen LogP) is 1.05. The number of anilines is 1. The molecule has 0 spiro atoms. The molecule has 0 aliphatic carbocycles. The van der Waals surface area contributed by atoms with Crippen molar-refractivity contribution in [2.75, 3.05) is 17.7 Å². The maximum atomic E-state index is 11.1. The van der Waals surface area contributed by atoms with Gasteiger partial charge in [-0.25, -0.2) is 8.42 Å². The van der Waals surface area contributed by atoms with Crippen LogP contribution in [0, 0.1) is 11.3 Å². The lowest BCUT2D eigenvalue weighted by molar-refractivity contribution is 0.586. The summed E-state index contributed by atoms with van der Waals surface area (Å²) >= 11 is 0. The van der Waals surface area contributed by atoms with Crippen LogP contribution in [0.4, 0.5) is 5.69 Å². The monoisotopic (exact) mass is 290 g/mol. The normalized spacial score (nSPS) is 11.2. The van der Waals surface area contributed by atoms with Gasteiger partial charge in [0.15, 0.2) is 0 Å². The number of hydrogen-bond acceptors (Lipinski definition) is 5. The zero-order valence-corrected chi connectivity index (χ0v) is 11.8. The standard InChI is InChI=1S/C13H14N4O2S/c1-20(18,19)7-6-17-9-12(15)13(16-17)11-4-2-10(8-14)3-5-11/h2-5,9H,6-7,15H2,1H3. The third kappa shape index (κ3) is 3.36. The number of rotatable bonds is 4. The minimum atomic E-state index is -3.04. The molecule has 6 nitrogen and oxygen atoms in total. The summed E-state index contributed by atoms with van der Waals surface area (Å²) in [5, 5.41) is 13.0. The van der Waals surface area contributed by atoms with Crippen molar-refractivity contribution in [1.29, 1.82) is 5.26 Å². The molecule has 2 rings (SSSR count). The first kappa shape index (κ1) is 14.1. The second-order valence-corrected chi connectivity index (χ2v) is 6.77. The second kappa shape index (κ2) is 5.35. The van der Waals surface area contributed by atoms with Gasteiger partial charge < -0.3 is 5.73 Å². The third-order valence-corrected chi connectivity index (χ3v) is 3.69. The highest BCUT2D eigenvalue weighted by Gasteiger charge is 2.10. The quantitative estimate of drug-likeness (QED) is 0.906. The molecule has 0 fully saturated rings. The number of sulfone groups is 1. The van der Waals surface area contributed by atoms with Crippen molar-refractivity contribution in [2.45, 2.75) is 6.54 Å². The first-order valence-electron chi connectivity index (χ1n) is 5.90. The summed E-state index contributed by atoms with van der Waals surface area (Å²) in [6, 6.07) is 8.93. The van der Waals surface area contributed by atoms with E-state index in [0.717, 1.165) is 5.56 Å². The van der Waals surface area contributed by atoms with Crippen LogP contribution in [0.15, 0.2) is 30.5 Å². The van der Waals surface area contributed by atoms with E-state index in [2.05, 4.69) is 5.10 Å². The van der Waals surface area contributed by atoms with Gasteiger partial charge in [0.05, 0.1) is 29.6 Å². The van der Waals surface area contributed by atoms with E-state index >= 15 is 0 Å². The van der Waals surface area contributed by atoms with Gasteiger partial charge in [-0.05, 0) is 12.1 Å². The molecule has 0 bridgehead atoms. The molecule has 0 aliphatic rings. The SMILES string of the molecule is CS(=O)(=O)CCn1cc(N)c(-c2ccc(C#N)cc2)n1. The summed E-state index contributed by atoms with van der Waals surface area (Å²) in [6.45, 7) is 0.263. The lowest BCUT2D eigenvalue weighted by Crippen LogP contribution is -2.11. The van der Waals surface area contributed by atoms with Gasteiger partial charge in [-0.15, -0.1) is 0 Å². The molecule has 104 valence electrons. The molecule has 0 unspecified atom stereocenters. The number of hydrogen-bond donors (Lipinski definition) is 1. The second-order valence-electron chi connectivity index (χ2n) is 4.52. The fourth-order valence-corrected chi connectivity index (χ4v) is 2.26. The molecule has 0 radical (unpaired) electrons. The van der Waals surface area contributed by atoms with Crippen molar-refractivity contribution in [3.8, 4) is 17.3 Å². The van der Waals surface area contributed by atoms with Crippen molar-refractivity contribution >= 4 is 15.5 Å². The van der Waals surface area contributed by atoms with Gasteiger partial charge in [0.2, 0.25) is 0 Å². The summed E-state index contributed by atoms with van der Waals surface area (Å²) < 4.78 is 23.8. The van der Waals surface area contributed by atoms with E-state index in [0.29, 0.717) is 16.9 Å². The summed E-state index contributed by atoms with van der Waals surface area (Å²) in [7, 11) is -3.04. The maximum absolute atomic E-state index is 11.1. The smallest absolute Gasteiger partial charge is 0.149 e. The number of nitrogens with two attached hydrogens (primary N) is 1. The van der Waals surface area contributed by atoms with Crippen LogP contribution >= 0.6 is 0 Å². The minimum Gasteiger partial charge on any atom is -0.396 e. The molecule has 7 heteroatoms. The van der Waals surface area contributed by atoms with Crippen LogP contribution in [0.25, 0.3) is 11.3 Å². The highest BCUT2D eigenvalue weighted by atomic mass is 32.2. The highest BCUT2D eigenvalue weighted by molar-refractivity contribution is 7.90. The molecule has 0 aliphatic heterocycles. The molecule has 2 N–H and O–H groups in total. The zero-order chi connectivity index (χ0) is 14.8. The first-order valence-corrected chi connectivity index (χ1v) is 7.96. The number of nitrogen functional groups attached to an aromatic ring is 1. The molecule has 0 saturated heterocycles. The van der Waals surface area contributed by atoms with Crippen LogP contribution in [0.3, 0.4) is 0 Å². The number of aromatic nitrogens is 2. The van der Waals surface area contributed by atoms with Crippen molar-refractivity contribution in [2.24, 2.45) is 0 Å². The van der Waals surface area contributed by atoms with Crippen LogP contribution in [-0.2, 0) is 16.4 Å². The van der Waals surface area contributed by atoms with E-state index in [9.17, 15) is 8.42 Å². The van der Waals surface area contributed by atoms with Crippen molar-refractivity contribution in [3.63, 3.8) is 0 Å². The number of nitrogens with zero attached hydrogens (tertiary/aromatic N) is 3. The van der Waals surface area contributed by atoms with Gasteiger partial charge in [0, 0.05) is 18.0 Å². The van der Waals surface area contributed by atoms with Crippen molar-refractivity contribution in [1.82, 2.24) is 9.78 Å². The van der Waals surface area contributed by atoms with E-state index in [1.807, 2.05) is 6.07 Å². The van der Waals surface area contributed by atoms with E-state index in [1.165, 1.54) is 10.9 Å². The van der Waals surface area contributed by atoms with Gasteiger partial charge in [-0.1, -0.05) is 12.1 Å². The molecule has 1 aromatic carbocycles. The van der Waals surface area contributed by atoms with Gasteiger partial charge in [0.25, 0.3) is 0 Å². The molecule has 20 heavy (non-hydrogen) atoms. The molecule has 0 saturated carbocycles. The lowest BCUT2D eigenvalue weighted by atomic mass is 10.1. The Morgan fingerprint density at radius 1 is 1.35 bits per heavy atom. The molecule has 0 atom stereocenters. The van der Waals surface area contributed by atoms with E-state index in [-0.39, 0.29) is 12.3 Å². The maximum Gasteiger partial charge on any atom is 0.149 e. The van der Waals surface area contributed by atoms with Gasteiger partial charge in [-0.3, -0.25) is 4.68 Å². The molecular formula is C13H14N4O2S. The minimum absolute atomic E-state index is 0.0148. The van der Waals surface area contributed by atoms with Gasteiger partial charge in [-0.2, -0.15) is 10.4 Å². The fraction of sp³-hybridized carbons (Fsp3) is 0.231. The summed E-state index contributed by atoms with van der Waals surface area (Å²) in [5.41, 5.74) is 8.30. The topological polar surface area (TPSA) is 102 Å². The van der Waals surface area contributed by atoms with Gasteiger partial charge >= 0.3 is 0 Å². The third-order valence-electron chi connectivity index (χ3n) is 2.77. The fourth-order valence-electron chi connectivity index (χ4n) is 1.74. The Hall–Kier alpha value is -2.33. The summed E-state index contributed by atoms with van der Waals surface area (Å²) in [5.74, 6) is 0.0148. The Kier molecular flexibility index (Phi) is 3.77. The van der Waals surface area contributed by atoms with E-state index < -0.39 is 9.84 Å². The van der Waals surface area contributed by atoms with Crippen LogP contribution in [0.2, 0.25) is 0 Å². The van der Waals surface area contributed by atoms with Gasteiger partial charge in [0.1, 0.15) is 15.5 Å². The van der Waals surface area contributed by atoms with Crippen molar-refractivity contribution in [3.05, 3.63) is 36.0 Å². The molecular weight excluding hydrogens is 276 g/mol. The number of nitriles is 1. The Morgan fingerprint density at radius 3 is 2.55 bits per heavy atom. The molecule has 0 amide bonds. The lowest BCUT2D eigenvalue weighted by Gasteiger charge is -2.00. The average molecular weight is 290 g/mol. The Labute approximate surface area is 117 Å². The zero-order valence-electron chi connectivity index (χ0n) is 10.9. The largest absolute Gasteiger partial charge is 0.396 e. The average Bonchev–Trinajstić information content (AvgIpc) is 2.77. The van der Waals surface area contributed by atoms with Crippen LogP contribution in [-0.4, -0.2) is 30.2 Å². The first-order chi connectivity index (χ1) is 9.39. The number of benzene rings is 1. The molecule has 1 heterocycles. The van der Waals surface area contributed by atoms with Crippen LogP contribution < -0.4 is 5.73 Å². The van der Waals surface area contributed by atoms with Crippen molar-refractivity contribution < 1.29 is 8.42 Å². The highest BCUT2D eigenvalue weighted by Crippen LogP contribution is 2.24.